The lowest BCUT2D eigenvalue weighted by Crippen LogP contribution is -2.16. The van der Waals surface area contributed by atoms with Gasteiger partial charge in [-0.3, -0.25) is 4.79 Å². The molecule has 0 bridgehead atoms. The van der Waals surface area contributed by atoms with Crippen LogP contribution in [0.5, 0.6) is 5.75 Å². The molecular formula is C15H14Br2N2O2. The molecule has 1 amide bonds. The van der Waals surface area contributed by atoms with Gasteiger partial charge in [0.1, 0.15) is 11.4 Å². The van der Waals surface area contributed by atoms with Gasteiger partial charge in [-0.05, 0) is 62.9 Å². The smallest absolute Gasteiger partial charge is 0.272 e. The molecule has 3 rings (SSSR count). The highest BCUT2D eigenvalue weighted by Crippen LogP contribution is 2.37. The second kappa shape index (κ2) is 5.85. The van der Waals surface area contributed by atoms with Gasteiger partial charge in [-0.25, -0.2) is 0 Å². The van der Waals surface area contributed by atoms with E-state index in [2.05, 4.69) is 37.2 Å². The second-order valence-corrected chi connectivity index (χ2v) is 6.76. The molecule has 21 heavy (non-hydrogen) atoms. The number of nitrogens with zero attached hydrogens (tertiary/aromatic N) is 1. The van der Waals surface area contributed by atoms with Gasteiger partial charge in [-0.15, -0.1) is 0 Å². The van der Waals surface area contributed by atoms with Gasteiger partial charge < -0.3 is 14.6 Å². The van der Waals surface area contributed by atoms with Crippen molar-refractivity contribution in [2.24, 2.45) is 0 Å². The Morgan fingerprint density at radius 1 is 1.33 bits per heavy atom. The number of aromatic nitrogens is 1. The van der Waals surface area contributed by atoms with Crippen LogP contribution in [0.1, 0.15) is 29.4 Å². The number of amides is 1. The Kier molecular flexibility index (Phi) is 4.08. The minimum Gasteiger partial charge on any atom is -0.495 e. The second-order valence-electron chi connectivity index (χ2n) is 4.99. The molecule has 0 spiro atoms. The number of hydrogen-bond acceptors (Lipinski definition) is 2. The maximum Gasteiger partial charge on any atom is 0.272 e. The van der Waals surface area contributed by atoms with Gasteiger partial charge in [-0.1, -0.05) is 0 Å². The third-order valence-corrected chi connectivity index (χ3v) is 4.49. The highest BCUT2D eigenvalue weighted by molar-refractivity contribution is 9.10. The zero-order valence-electron chi connectivity index (χ0n) is 11.4. The predicted octanol–water partition coefficient (Wildman–Crippen LogP) is 4.61. The average Bonchev–Trinajstić information content (AvgIpc) is 3.23. The molecule has 6 heteroatoms. The summed E-state index contributed by atoms with van der Waals surface area (Å²) in [5.74, 6) is 0.573. The summed E-state index contributed by atoms with van der Waals surface area (Å²) in [5.41, 5.74) is 1.38. The largest absolute Gasteiger partial charge is 0.495 e. The molecule has 1 fully saturated rings. The quantitative estimate of drug-likeness (QED) is 0.795. The van der Waals surface area contributed by atoms with Crippen LogP contribution in [0.2, 0.25) is 0 Å². The molecule has 1 N–H and O–H groups in total. The standard InChI is InChI=1S/C15H14Br2N2O2/c1-21-14-7-10(2-5-12(14)17)18-15(20)13-6-9(16)8-19(13)11-3-4-11/h2,5-8,11H,3-4H2,1H3,(H,18,20). The Hall–Kier alpha value is -1.27. The van der Waals surface area contributed by atoms with E-state index in [-0.39, 0.29) is 5.91 Å². The van der Waals surface area contributed by atoms with E-state index in [1.54, 1.807) is 13.2 Å². The maximum absolute atomic E-state index is 12.5. The molecule has 1 aromatic heterocycles. The highest BCUT2D eigenvalue weighted by atomic mass is 79.9. The van der Waals surface area contributed by atoms with Crippen LogP contribution in [-0.4, -0.2) is 17.6 Å². The van der Waals surface area contributed by atoms with Crippen molar-refractivity contribution in [2.75, 3.05) is 12.4 Å². The molecule has 1 aromatic carbocycles. The van der Waals surface area contributed by atoms with Crippen LogP contribution >= 0.6 is 31.9 Å². The summed E-state index contributed by atoms with van der Waals surface area (Å²) in [7, 11) is 1.60. The summed E-state index contributed by atoms with van der Waals surface area (Å²) >= 11 is 6.83. The van der Waals surface area contributed by atoms with Gasteiger partial charge in [0.2, 0.25) is 0 Å². The Bertz CT molecular complexity index is 693. The topological polar surface area (TPSA) is 43.3 Å². The number of nitrogens with one attached hydrogen (secondary N) is 1. The summed E-state index contributed by atoms with van der Waals surface area (Å²) < 4.78 is 9.05. The molecule has 0 aliphatic heterocycles. The summed E-state index contributed by atoms with van der Waals surface area (Å²) in [4.78, 5) is 12.5. The van der Waals surface area contributed by atoms with Gasteiger partial charge >= 0.3 is 0 Å². The number of methoxy groups -OCH3 is 1. The number of ether oxygens (including phenoxy) is 1. The fourth-order valence-electron chi connectivity index (χ4n) is 2.22. The number of rotatable bonds is 4. The predicted molar refractivity (Wildman–Crippen MR) is 89.1 cm³/mol. The van der Waals surface area contributed by atoms with E-state index >= 15 is 0 Å². The van der Waals surface area contributed by atoms with Crippen LogP contribution in [0, 0.1) is 0 Å². The first kappa shape index (κ1) is 14.7. The van der Waals surface area contributed by atoms with Crippen LogP contribution < -0.4 is 10.1 Å². The lowest BCUT2D eigenvalue weighted by atomic mass is 10.3. The molecule has 110 valence electrons. The lowest BCUT2D eigenvalue weighted by Gasteiger charge is -2.10. The number of hydrogen-bond donors (Lipinski definition) is 1. The Morgan fingerprint density at radius 2 is 2.10 bits per heavy atom. The zero-order chi connectivity index (χ0) is 15.0. The van der Waals surface area contributed by atoms with Crippen molar-refractivity contribution < 1.29 is 9.53 Å². The molecule has 0 saturated heterocycles. The van der Waals surface area contributed by atoms with Crippen molar-refractivity contribution in [3.8, 4) is 5.75 Å². The fourth-order valence-corrected chi connectivity index (χ4v) is 3.06. The van der Waals surface area contributed by atoms with Crippen molar-refractivity contribution in [2.45, 2.75) is 18.9 Å². The highest BCUT2D eigenvalue weighted by Gasteiger charge is 2.27. The molecule has 1 saturated carbocycles. The first-order chi connectivity index (χ1) is 10.1. The Labute approximate surface area is 139 Å². The SMILES string of the molecule is COc1cc(NC(=O)c2cc(Br)cn2C2CC2)ccc1Br. The first-order valence-corrected chi connectivity index (χ1v) is 8.19. The van der Waals surface area contributed by atoms with Crippen LogP contribution in [0.3, 0.4) is 0 Å². The molecule has 2 aromatic rings. The average molecular weight is 414 g/mol. The van der Waals surface area contributed by atoms with Gasteiger partial charge in [0.25, 0.3) is 5.91 Å². The lowest BCUT2D eigenvalue weighted by molar-refractivity contribution is 0.101. The summed E-state index contributed by atoms with van der Waals surface area (Å²) in [6, 6.07) is 7.79. The molecular weight excluding hydrogens is 400 g/mol. The van der Waals surface area contributed by atoms with Crippen molar-refractivity contribution in [3.63, 3.8) is 0 Å². The number of halogens is 2. The van der Waals surface area contributed by atoms with Gasteiger partial charge in [0.05, 0.1) is 11.6 Å². The number of benzene rings is 1. The van der Waals surface area contributed by atoms with E-state index in [1.807, 2.05) is 29.0 Å². The summed E-state index contributed by atoms with van der Waals surface area (Å²) in [6.45, 7) is 0. The molecule has 0 unspecified atom stereocenters. The minimum atomic E-state index is -0.114. The van der Waals surface area contributed by atoms with E-state index in [0.29, 0.717) is 23.2 Å². The van der Waals surface area contributed by atoms with Gasteiger partial charge in [0, 0.05) is 28.5 Å². The molecule has 0 radical (unpaired) electrons. The maximum atomic E-state index is 12.5. The van der Waals surface area contributed by atoms with Crippen molar-refractivity contribution >= 4 is 43.5 Å². The van der Waals surface area contributed by atoms with E-state index in [4.69, 9.17) is 4.74 Å². The third kappa shape index (κ3) is 3.16. The van der Waals surface area contributed by atoms with E-state index in [0.717, 1.165) is 21.8 Å². The van der Waals surface area contributed by atoms with Crippen LogP contribution in [0.15, 0.2) is 39.4 Å². The zero-order valence-corrected chi connectivity index (χ0v) is 14.6. The van der Waals surface area contributed by atoms with E-state index in [1.165, 1.54) is 0 Å². The normalized spacial score (nSPS) is 14.0. The molecule has 1 aliphatic rings. The van der Waals surface area contributed by atoms with Crippen molar-refractivity contribution in [1.82, 2.24) is 4.57 Å². The van der Waals surface area contributed by atoms with Crippen LogP contribution in [0.25, 0.3) is 0 Å². The van der Waals surface area contributed by atoms with Crippen molar-refractivity contribution in [1.29, 1.82) is 0 Å². The molecule has 1 heterocycles. The Balaban J connectivity index is 1.83. The fraction of sp³-hybridized carbons (Fsp3) is 0.267. The van der Waals surface area contributed by atoms with E-state index in [9.17, 15) is 4.79 Å². The summed E-state index contributed by atoms with van der Waals surface area (Å²) in [5, 5.41) is 2.92. The molecule has 0 atom stereocenters. The number of carbonyl (C=O) groups excluding carboxylic acids is 1. The van der Waals surface area contributed by atoms with Gasteiger partial charge in [-0.2, -0.15) is 0 Å². The first-order valence-electron chi connectivity index (χ1n) is 6.61. The third-order valence-electron chi connectivity index (χ3n) is 3.40. The van der Waals surface area contributed by atoms with Crippen LogP contribution in [-0.2, 0) is 0 Å². The number of anilines is 1. The number of carbonyl (C=O) groups is 1. The summed E-state index contributed by atoms with van der Waals surface area (Å²) in [6.07, 6.45) is 4.23. The molecule has 4 nitrogen and oxygen atoms in total. The monoisotopic (exact) mass is 412 g/mol. The Morgan fingerprint density at radius 3 is 2.76 bits per heavy atom. The van der Waals surface area contributed by atoms with Gasteiger partial charge in [0.15, 0.2) is 0 Å². The molecule has 1 aliphatic carbocycles. The van der Waals surface area contributed by atoms with Crippen LogP contribution in [0.4, 0.5) is 5.69 Å². The van der Waals surface area contributed by atoms with Crippen molar-refractivity contribution in [3.05, 3.63) is 45.1 Å². The van der Waals surface area contributed by atoms with E-state index < -0.39 is 0 Å². The minimum absolute atomic E-state index is 0.114.